The van der Waals surface area contributed by atoms with Crippen molar-refractivity contribution in [2.75, 3.05) is 0 Å². The van der Waals surface area contributed by atoms with Crippen LogP contribution in [0.1, 0.15) is 22.9 Å². The highest BCUT2D eigenvalue weighted by atomic mass is 16.3. The SMILES string of the molecule is c1ccc(-c2cccc(-c3nc(-c4ccccc4)nc(C4c5ccccc5-c5ccc6c(oc7ccccc76)c54)n3)c2)cc1. The third-order valence-corrected chi connectivity index (χ3v) is 8.61. The Morgan fingerprint density at radius 3 is 1.95 bits per heavy atom. The molecule has 0 fully saturated rings. The number of para-hydroxylation sites is 1. The predicted molar refractivity (Wildman–Crippen MR) is 176 cm³/mol. The van der Waals surface area contributed by atoms with Crippen molar-refractivity contribution in [2.24, 2.45) is 0 Å². The molecule has 2 aromatic heterocycles. The van der Waals surface area contributed by atoms with Crippen molar-refractivity contribution in [3.05, 3.63) is 163 Å². The Labute approximate surface area is 254 Å². The fourth-order valence-electron chi connectivity index (χ4n) is 6.58. The van der Waals surface area contributed by atoms with Crippen LogP contribution in [0.3, 0.4) is 0 Å². The normalized spacial score (nSPS) is 13.7. The highest BCUT2D eigenvalue weighted by molar-refractivity contribution is 6.09. The number of nitrogens with zero attached hydrogens (tertiary/aromatic N) is 3. The van der Waals surface area contributed by atoms with Crippen molar-refractivity contribution in [3.8, 4) is 45.0 Å². The maximum absolute atomic E-state index is 6.60. The minimum absolute atomic E-state index is 0.216. The van der Waals surface area contributed by atoms with Crippen LogP contribution in [0, 0.1) is 0 Å². The lowest BCUT2D eigenvalue weighted by atomic mass is 9.94. The summed E-state index contributed by atoms with van der Waals surface area (Å²) in [5.41, 5.74) is 10.5. The van der Waals surface area contributed by atoms with Crippen LogP contribution in [-0.4, -0.2) is 15.0 Å². The van der Waals surface area contributed by atoms with Gasteiger partial charge in [0.05, 0.1) is 5.92 Å². The molecule has 0 N–H and O–H groups in total. The van der Waals surface area contributed by atoms with Crippen molar-refractivity contribution in [3.63, 3.8) is 0 Å². The number of benzene rings is 6. The Morgan fingerprint density at radius 2 is 1.11 bits per heavy atom. The van der Waals surface area contributed by atoms with E-state index in [2.05, 4.69) is 109 Å². The van der Waals surface area contributed by atoms with Gasteiger partial charge in [-0.2, -0.15) is 0 Å². The number of fused-ring (bicyclic) bond motifs is 7. The first-order valence-electron chi connectivity index (χ1n) is 14.8. The maximum Gasteiger partial charge on any atom is 0.163 e. The minimum Gasteiger partial charge on any atom is -0.456 e. The first kappa shape index (κ1) is 24.7. The van der Waals surface area contributed by atoms with E-state index in [1.807, 2.05) is 36.4 Å². The summed E-state index contributed by atoms with van der Waals surface area (Å²) in [6.07, 6.45) is 0. The van der Waals surface area contributed by atoms with Gasteiger partial charge in [0.1, 0.15) is 17.0 Å². The van der Waals surface area contributed by atoms with Gasteiger partial charge in [0.2, 0.25) is 0 Å². The molecule has 0 amide bonds. The van der Waals surface area contributed by atoms with E-state index in [1.165, 1.54) is 11.1 Å². The third kappa shape index (κ3) is 3.89. The molecule has 44 heavy (non-hydrogen) atoms. The Balaban J connectivity index is 1.31. The Kier molecular flexibility index (Phi) is 5.53. The van der Waals surface area contributed by atoms with Crippen LogP contribution in [0.2, 0.25) is 0 Å². The molecule has 0 radical (unpaired) electrons. The second kappa shape index (κ2) is 9.85. The van der Waals surface area contributed by atoms with Crippen LogP contribution in [0.4, 0.5) is 0 Å². The Bertz CT molecular complexity index is 2340. The maximum atomic E-state index is 6.60. The average molecular weight is 564 g/mol. The van der Waals surface area contributed by atoms with Gasteiger partial charge < -0.3 is 4.42 Å². The quantitative estimate of drug-likeness (QED) is 0.214. The van der Waals surface area contributed by atoms with E-state index in [0.717, 1.165) is 55.3 Å². The van der Waals surface area contributed by atoms with E-state index < -0.39 is 0 Å². The molecule has 1 atom stereocenters. The first-order valence-corrected chi connectivity index (χ1v) is 14.8. The first-order chi connectivity index (χ1) is 21.8. The number of aromatic nitrogens is 3. The van der Waals surface area contributed by atoms with Gasteiger partial charge in [-0.05, 0) is 46.0 Å². The largest absolute Gasteiger partial charge is 0.456 e. The van der Waals surface area contributed by atoms with Crippen LogP contribution >= 0.6 is 0 Å². The summed E-state index contributed by atoms with van der Waals surface area (Å²) in [4.78, 5) is 15.5. The van der Waals surface area contributed by atoms with Gasteiger partial charge in [0.25, 0.3) is 0 Å². The molecular formula is C40H25N3O. The zero-order chi connectivity index (χ0) is 29.0. The van der Waals surface area contributed by atoms with Crippen molar-refractivity contribution >= 4 is 21.9 Å². The van der Waals surface area contributed by atoms with Crippen molar-refractivity contribution in [1.82, 2.24) is 15.0 Å². The molecule has 1 aliphatic carbocycles. The number of furan rings is 1. The van der Waals surface area contributed by atoms with Gasteiger partial charge in [-0.3, -0.25) is 0 Å². The van der Waals surface area contributed by atoms with Crippen LogP contribution < -0.4 is 0 Å². The molecule has 1 unspecified atom stereocenters. The van der Waals surface area contributed by atoms with E-state index >= 15 is 0 Å². The zero-order valence-corrected chi connectivity index (χ0v) is 23.7. The summed E-state index contributed by atoms with van der Waals surface area (Å²) in [5, 5.41) is 2.21. The molecule has 0 bridgehead atoms. The minimum atomic E-state index is -0.216. The smallest absolute Gasteiger partial charge is 0.163 e. The molecule has 8 aromatic rings. The third-order valence-electron chi connectivity index (χ3n) is 8.61. The number of rotatable bonds is 4. The van der Waals surface area contributed by atoms with E-state index in [9.17, 15) is 0 Å². The van der Waals surface area contributed by atoms with Crippen LogP contribution in [0.25, 0.3) is 67.0 Å². The number of hydrogen-bond acceptors (Lipinski definition) is 4. The summed E-state index contributed by atoms with van der Waals surface area (Å²) >= 11 is 0. The molecule has 0 spiro atoms. The van der Waals surface area contributed by atoms with Crippen LogP contribution in [0.15, 0.2) is 150 Å². The molecule has 206 valence electrons. The van der Waals surface area contributed by atoms with Gasteiger partial charge in [0, 0.05) is 27.5 Å². The van der Waals surface area contributed by atoms with Gasteiger partial charge in [-0.1, -0.05) is 127 Å². The lowest BCUT2D eigenvalue weighted by molar-refractivity contribution is 0.660. The van der Waals surface area contributed by atoms with Gasteiger partial charge in [0.15, 0.2) is 11.6 Å². The fourth-order valence-corrected chi connectivity index (χ4v) is 6.58. The second-order valence-corrected chi connectivity index (χ2v) is 11.2. The summed E-state index contributed by atoms with van der Waals surface area (Å²) in [6.45, 7) is 0. The molecule has 6 aromatic carbocycles. The molecule has 2 heterocycles. The molecule has 1 aliphatic rings. The zero-order valence-electron chi connectivity index (χ0n) is 23.7. The Hall–Kier alpha value is -5.87. The molecule has 0 aliphatic heterocycles. The van der Waals surface area contributed by atoms with E-state index in [-0.39, 0.29) is 5.92 Å². The second-order valence-electron chi connectivity index (χ2n) is 11.2. The molecule has 0 saturated heterocycles. The molecule has 4 nitrogen and oxygen atoms in total. The number of hydrogen-bond donors (Lipinski definition) is 0. The van der Waals surface area contributed by atoms with Crippen LogP contribution in [0.5, 0.6) is 0 Å². The Morgan fingerprint density at radius 1 is 0.455 bits per heavy atom. The molecule has 9 rings (SSSR count). The standard InChI is InChI=1S/C40H25N3O/c1-3-12-25(13-4-1)27-16-11-17-28(24-27)39-41-38(26-14-5-2-6-15-26)42-40(43-39)36-31-20-8-7-18-29(31)32-22-23-33-30-19-9-10-21-34(30)44-37(33)35(32)36/h1-24,36H. The summed E-state index contributed by atoms with van der Waals surface area (Å²) in [7, 11) is 0. The van der Waals surface area contributed by atoms with Crippen LogP contribution in [-0.2, 0) is 0 Å². The predicted octanol–water partition coefficient (Wildman–Crippen LogP) is 9.93. The molecule has 4 heteroatoms. The van der Waals surface area contributed by atoms with Crippen molar-refractivity contribution in [1.29, 1.82) is 0 Å². The van der Waals surface area contributed by atoms with Crippen molar-refractivity contribution < 1.29 is 4.42 Å². The van der Waals surface area contributed by atoms with Gasteiger partial charge >= 0.3 is 0 Å². The highest BCUT2D eigenvalue weighted by Gasteiger charge is 2.36. The van der Waals surface area contributed by atoms with E-state index in [1.54, 1.807) is 0 Å². The monoisotopic (exact) mass is 563 g/mol. The lowest BCUT2D eigenvalue weighted by Crippen LogP contribution is -2.09. The lowest BCUT2D eigenvalue weighted by Gasteiger charge is -2.15. The topological polar surface area (TPSA) is 51.8 Å². The van der Waals surface area contributed by atoms with E-state index in [0.29, 0.717) is 17.5 Å². The van der Waals surface area contributed by atoms with Crippen molar-refractivity contribution in [2.45, 2.75) is 5.92 Å². The summed E-state index contributed by atoms with van der Waals surface area (Å²) < 4.78 is 6.60. The molecular weight excluding hydrogens is 538 g/mol. The fraction of sp³-hybridized carbons (Fsp3) is 0.0250. The molecule has 0 saturated carbocycles. The average Bonchev–Trinajstić information content (AvgIpc) is 3.65. The van der Waals surface area contributed by atoms with E-state index in [4.69, 9.17) is 19.4 Å². The van der Waals surface area contributed by atoms with Gasteiger partial charge in [-0.25, -0.2) is 15.0 Å². The summed E-state index contributed by atoms with van der Waals surface area (Å²) in [5.74, 6) is 1.79. The summed E-state index contributed by atoms with van der Waals surface area (Å²) in [6, 6.07) is 50.2. The highest BCUT2D eigenvalue weighted by Crippen LogP contribution is 2.51. The van der Waals surface area contributed by atoms with Gasteiger partial charge in [-0.15, -0.1) is 0 Å².